The van der Waals surface area contributed by atoms with Crippen molar-refractivity contribution in [2.45, 2.75) is 38.3 Å². The second kappa shape index (κ2) is 6.72. The van der Waals surface area contributed by atoms with Crippen LogP contribution in [-0.2, 0) is 16.6 Å². The number of nitrogens with two attached hydrogens (primary N) is 1. The van der Waals surface area contributed by atoms with Crippen molar-refractivity contribution in [2.24, 2.45) is 5.73 Å². The number of sulfonamides is 1. The molecule has 0 atom stereocenters. The van der Waals surface area contributed by atoms with Crippen molar-refractivity contribution in [3.8, 4) is 0 Å². The fourth-order valence-corrected chi connectivity index (χ4v) is 4.24. The fraction of sp³-hybridized carbons (Fsp3) is 0.429. The molecule has 0 spiro atoms. The van der Waals surface area contributed by atoms with E-state index in [4.69, 9.17) is 17.3 Å². The molecule has 2 N–H and O–H groups in total. The molecule has 112 valence electrons. The lowest BCUT2D eigenvalue weighted by atomic mass is 10.1. The standard InChI is InChI=1S/C14H21ClN2O2S/c1-5-6-17(10(2)3)20(18,19)14-8-13(15)7-12(9-16)11(14)4/h5,7-8,10H,1,6,9,16H2,2-4H3. The minimum atomic E-state index is -3.63. The molecule has 0 aliphatic rings. The minimum absolute atomic E-state index is 0.169. The van der Waals surface area contributed by atoms with E-state index in [2.05, 4.69) is 6.58 Å². The maximum atomic E-state index is 12.8. The lowest BCUT2D eigenvalue weighted by molar-refractivity contribution is 0.382. The van der Waals surface area contributed by atoms with Crippen molar-refractivity contribution in [2.75, 3.05) is 6.54 Å². The zero-order valence-electron chi connectivity index (χ0n) is 12.1. The SMILES string of the molecule is C=CCN(C(C)C)S(=O)(=O)c1cc(Cl)cc(CN)c1C. The predicted molar refractivity (Wildman–Crippen MR) is 83.3 cm³/mol. The summed E-state index contributed by atoms with van der Waals surface area (Å²) in [7, 11) is -3.63. The first-order chi connectivity index (χ1) is 9.25. The van der Waals surface area contributed by atoms with Crippen molar-refractivity contribution >= 4 is 21.6 Å². The van der Waals surface area contributed by atoms with Crippen LogP contribution in [-0.4, -0.2) is 25.3 Å². The van der Waals surface area contributed by atoms with Gasteiger partial charge in [-0.05, 0) is 44.0 Å². The van der Waals surface area contributed by atoms with Gasteiger partial charge in [0.1, 0.15) is 0 Å². The molecule has 0 aliphatic carbocycles. The maximum Gasteiger partial charge on any atom is 0.243 e. The van der Waals surface area contributed by atoms with E-state index >= 15 is 0 Å². The molecule has 0 radical (unpaired) electrons. The summed E-state index contributed by atoms with van der Waals surface area (Å²) in [6.45, 7) is 9.51. The van der Waals surface area contributed by atoms with Gasteiger partial charge in [0.2, 0.25) is 10.0 Å². The zero-order valence-corrected chi connectivity index (χ0v) is 13.6. The number of halogens is 1. The molecule has 1 aromatic rings. The highest BCUT2D eigenvalue weighted by molar-refractivity contribution is 7.89. The van der Waals surface area contributed by atoms with Gasteiger partial charge in [-0.2, -0.15) is 4.31 Å². The Bertz CT molecular complexity index is 597. The monoisotopic (exact) mass is 316 g/mol. The van der Waals surface area contributed by atoms with E-state index in [-0.39, 0.29) is 24.0 Å². The molecule has 0 aromatic heterocycles. The Balaban J connectivity index is 3.48. The van der Waals surface area contributed by atoms with E-state index in [9.17, 15) is 8.42 Å². The van der Waals surface area contributed by atoms with E-state index in [0.29, 0.717) is 10.6 Å². The Morgan fingerprint density at radius 1 is 1.45 bits per heavy atom. The van der Waals surface area contributed by atoms with Gasteiger partial charge in [-0.1, -0.05) is 17.7 Å². The maximum absolute atomic E-state index is 12.8. The molecule has 0 aliphatic heterocycles. The van der Waals surface area contributed by atoms with E-state index in [0.717, 1.165) is 5.56 Å². The van der Waals surface area contributed by atoms with E-state index in [1.54, 1.807) is 19.1 Å². The number of hydrogen-bond donors (Lipinski definition) is 1. The summed E-state index contributed by atoms with van der Waals surface area (Å²) in [4.78, 5) is 0.209. The molecular formula is C14H21ClN2O2S. The molecule has 0 saturated heterocycles. The van der Waals surface area contributed by atoms with Crippen LogP contribution in [0.15, 0.2) is 29.7 Å². The van der Waals surface area contributed by atoms with Crippen molar-refractivity contribution in [1.82, 2.24) is 4.31 Å². The van der Waals surface area contributed by atoms with Gasteiger partial charge < -0.3 is 5.73 Å². The van der Waals surface area contributed by atoms with Crippen LogP contribution >= 0.6 is 11.6 Å². The minimum Gasteiger partial charge on any atom is -0.326 e. The zero-order chi connectivity index (χ0) is 15.5. The molecule has 1 aromatic carbocycles. The highest BCUT2D eigenvalue weighted by Crippen LogP contribution is 2.27. The molecule has 1 rings (SSSR count). The van der Waals surface area contributed by atoms with E-state index in [1.807, 2.05) is 13.8 Å². The first-order valence-corrected chi connectivity index (χ1v) is 8.19. The van der Waals surface area contributed by atoms with E-state index in [1.165, 1.54) is 10.4 Å². The highest BCUT2D eigenvalue weighted by atomic mass is 35.5. The highest BCUT2D eigenvalue weighted by Gasteiger charge is 2.28. The summed E-state index contributed by atoms with van der Waals surface area (Å²) >= 11 is 6.01. The van der Waals surface area contributed by atoms with Gasteiger partial charge in [0.05, 0.1) is 4.90 Å². The van der Waals surface area contributed by atoms with Crippen LogP contribution in [0.5, 0.6) is 0 Å². The van der Waals surface area contributed by atoms with Gasteiger partial charge in [-0.15, -0.1) is 6.58 Å². The van der Waals surface area contributed by atoms with Crippen LogP contribution in [0.25, 0.3) is 0 Å². The van der Waals surface area contributed by atoms with Crippen molar-refractivity contribution in [1.29, 1.82) is 0 Å². The number of nitrogens with zero attached hydrogens (tertiary/aromatic N) is 1. The second-order valence-electron chi connectivity index (χ2n) is 4.85. The third kappa shape index (κ3) is 3.41. The van der Waals surface area contributed by atoms with Crippen LogP contribution in [0, 0.1) is 6.92 Å². The average Bonchev–Trinajstić information content (AvgIpc) is 2.37. The summed E-state index contributed by atoms with van der Waals surface area (Å²) in [6.07, 6.45) is 1.57. The molecule has 0 bridgehead atoms. The average molecular weight is 317 g/mol. The van der Waals surface area contributed by atoms with Gasteiger partial charge in [0.25, 0.3) is 0 Å². The lowest BCUT2D eigenvalue weighted by Crippen LogP contribution is -2.37. The van der Waals surface area contributed by atoms with Crippen LogP contribution in [0.1, 0.15) is 25.0 Å². The summed E-state index contributed by atoms with van der Waals surface area (Å²) in [5, 5.41) is 0.372. The molecule has 0 unspecified atom stereocenters. The van der Waals surface area contributed by atoms with Gasteiger partial charge in [0, 0.05) is 24.2 Å². The Hall–Kier alpha value is -0.880. The van der Waals surface area contributed by atoms with E-state index < -0.39 is 10.0 Å². The van der Waals surface area contributed by atoms with Crippen LogP contribution in [0.3, 0.4) is 0 Å². The van der Waals surface area contributed by atoms with Crippen molar-refractivity contribution < 1.29 is 8.42 Å². The predicted octanol–water partition coefficient (Wildman–Crippen LogP) is 2.69. The molecule has 0 heterocycles. The third-order valence-corrected chi connectivity index (χ3v) is 5.51. The smallest absolute Gasteiger partial charge is 0.243 e. The quantitative estimate of drug-likeness (QED) is 0.821. The van der Waals surface area contributed by atoms with Gasteiger partial charge >= 0.3 is 0 Å². The summed E-state index contributed by atoms with van der Waals surface area (Å²) < 4.78 is 27.0. The molecule has 0 fully saturated rings. The Labute approximate surface area is 126 Å². The second-order valence-corrected chi connectivity index (χ2v) is 7.14. The number of rotatable bonds is 6. The van der Waals surface area contributed by atoms with Crippen LogP contribution < -0.4 is 5.73 Å². The number of hydrogen-bond acceptors (Lipinski definition) is 3. The Kier molecular flexibility index (Phi) is 5.77. The third-order valence-electron chi connectivity index (χ3n) is 3.12. The topological polar surface area (TPSA) is 63.4 Å². The van der Waals surface area contributed by atoms with Crippen LogP contribution in [0.4, 0.5) is 0 Å². The molecule has 0 saturated carbocycles. The van der Waals surface area contributed by atoms with Crippen molar-refractivity contribution in [3.63, 3.8) is 0 Å². The molecule has 0 amide bonds. The summed E-state index contributed by atoms with van der Waals surface area (Å²) in [6, 6.07) is 3.00. The molecule has 20 heavy (non-hydrogen) atoms. The van der Waals surface area contributed by atoms with Gasteiger partial charge in [-0.3, -0.25) is 0 Å². The van der Waals surface area contributed by atoms with Crippen molar-refractivity contribution in [3.05, 3.63) is 40.9 Å². The summed E-state index contributed by atoms with van der Waals surface area (Å²) in [5.74, 6) is 0. The van der Waals surface area contributed by atoms with Crippen LogP contribution in [0.2, 0.25) is 5.02 Å². The molecule has 6 heteroatoms. The largest absolute Gasteiger partial charge is 0.326 e. The lowest BCUT2D eigenvalue weighted by Gasteiger charge is -2.26. The van der Waals surface area contributed by atoms with Gasteiger partial charge in [-0.25, -0.2) is 8.42 Å². The number of benzene rings is 1. The fourth-order valence-electron chi connectivity index (χ4n) is 2.03. The van der Waals surface area contributed by atoms with Gasteiger partial charge in [0.15, 0.2) is 0 Å². The molecular weight excluding hydrogens is 296 g/mol. The first kappa shape index (κ1) is 17.2. The first-order valence-electron chi connectivity index (χ1n) is 6.37. The normalized spacial score (nSPS) is 12.2. The molecule has 4 nitrogen and oxygen atoms in total. The Morgan fingerprint density at radius 2 is 2.05 bits per heavy atom. The summed E-state index contributed by atoms with van der Waals surface area (Å²) in [5.41, 5.74) is 7.02. The Morgan fingerprint density at radius 3 is 2.50 bits per heavy atom.